The smallest absolute Gasteiger partial charge is 0.143 e. The lowest BCUT2D eigenvalue weighted by atomic mass is 9.92. The standard InChI is InChI=1S/C36H20O3/c1-2-9-24-21(7-1)15-16-27-35-26(11-6-14-33(35)39-36(24)27)31-18-17-29(37-31)23-19-22-8-5-13-32-34(22)28(20-23)25-10-3-4-12-30(25)38-32/h1-20H. The highest BCUT2D eigenvalue weighted by Crippen LogP contribution is 2.48. The molecule has 0 atom stereocenters. The van der Waals surface area contributed by atoms with Crippen molar-refractivity contribution < 1.29 is 13.6 Å². The van der Waals surface area contributed by atoms with Crippen LogP contribution in [0.1, 0.15) is 0 Å². The van der Waals surface area contributed by atoms with Crippen LogP contribution >= 0.6 is 0 Å². The van der Waals surface area contributed by atoms with Crippen molar-refractivity contribution in [3.63, 3.8) is 0 Å². The van der Waals surface area contributed by atoms with Gasteiger partial charge in [-0.25, -0.2) is 0 Å². The molecule has 0 N–H and O–H groups in total. The SMILES string of the molecule is c1ccc2c(c1)Oc1cccc3cc(-c4ccc(-c5cccc6oc7c8ccccc8ccc7c56)o4)cc-2c13. The minimum Gasteiger partial charge on any atom is -0.456 e. The Bertz CT molecular complexity index is 2260. The molecule has 9 rings (SSSR count). The van der Waals surface area contributed by atoms with Crippen molar-refractivity contribution in [2.75, 3.05) is 0 Å². The molecule has 0 aliphatic carbocycles. The molecule has 182 valence electrons. The van der Waals surface area contributed by atoms with Gasteiger partial charge in [0.1, 0.15) is 34.2 Å². The molecule has 3 heteroatoms. The van der Waals surface area contributed by atoms with E-state index in [1.807, 2.05) is 36.4 Å². The van der Waals surface area contributed by atoms with E-state index in [4.69, 9.17) is 13.6 Å². The largest absolute Gasteiger partial charge is 0.456 e. The van der Waals surface area contributed by atoms with Crippen LogP contribution in [0.4, 0.5) is 0 Å². The second kappa shape index (κ2) is 7.62. The first-order valence-corrected chi connectivity index (χ1v) is 13.1. The van der Waals surface area contributed by atoms with Crippen LogP contribution in [0.15, 0.2) is 130 Å². The minimum absolute atomic E-state index is 0.817. The Hall–Kier alpha value is -5.28. The normalized spacial score (nSPS) is 12.3. The van der Waals surface area contributed by atoms with Gasteiger partial charge in [0.2, 0.25) is 0 Å². The molecule has 39 heavy (non-hydrogen) atoms. The molecule has 0 bridgehead atoms. The van der Waals surface area contributed by atoms with Gasteiger partial charge < -0.3 is 13.6 Å². The van der Waals surface area contributed by atoms with E-state index in [-0.39, 0.29) is 0 Å². The van der Waals surface area contributed by atoms with Crippen molar-refractivity contribution in [2.45, 2.75) is 0 Å². The molecule has 0 saturated carbocycles. The predicted molar refractivity (Wildman–Crippen MR) is 157 cm³/mol. The summed E-state index contributed by atoms with van der Waals surface area (Å²) in [6, 6.07) is 41.8. The number of fused-ring (bicyclic) bond motifs is 7. The topological polar surface area (TPSA) is 35.5 Å². The summed E-state index contributed by atoms with van der Waals surface area (Å²) < 4.78 is 19.2. The summed E-state index contributed by atoms with van der Waals surface area (Å²) in [5.41, 5.74) is 6.08. The van der Waals surface area contributed by atoms with Crippen molar-refractivity contribution in [1.82, 2.24) is 0 Å². The van der Waals surface area contributed by atoms with Gasteiger partial charge in [0.05, 0.1) is 0 Å². The molecule has 0 radical (unpaired) electrons. The second-order valence-corrected chi connectivity index (χ2v) is 10.1. The molecule has 1 aliphatic rings. The Morgan fingerprint density at radius 1 is 0.436 bits per heavy atom. The van der Waals surface area contributed by atoms with Crippen LogP contribution in [0.25, 0.3) is 77.3 Å². The summed E-state index contributed by atoms with van der Waals surface area (Å²) in [4.78, 5) is 0. The third kappa shape index (κ3) is 2.93. The fourth-order valence-electron chi connectivity index (χ4n) is 6.13. The molecule has 0 fully saturated rings. The Morgan fingerprint density at radius 2 is 1.23 bits per heavy atom. The van der Waals surface area contributed by atoms with Crippen LogP contribution in [-0.4, -0.2) is 0 Å². The summed E-state index contributed by atoms with van der Waals surface area (Å²) in [6.07, 6.45) is 0. The lowest BCUT2D eigenvalue weighted by Gasteiger charge is -2.21. The lowest BCUT2D eigenvalue weighted by Crippen LogP contribution is -1.97. The van der Waals surface area contributed by atoms with Gasteiger partial charge in [-0.3, -0.25) is 0 Å². The van der Waals surface area contributed by atoms with Crippen molar-refractivity contribution in [2.24, 2.45) is 0 Å². The van der Waals surface area contributed by atoms with Crippen molar-refractivity contribution in [3.8, 4) is 45.3 Å². The monoisotopic (exact) mass is 500 g/mol. The third-order valence-electron chi connectivity index (χ3n) is 7.88. The fourth-order valence-corrected chi connectivity index (χ4v) is 6.13. The first kappa shape index (κ1) is 20.7. The zero-order valence-electron chi connectivity index (χ0n) is 20.8. The second-order valence-electron chi connectivity index (χ2n) is 10.1. The number of benzene rings is 6. The number of ether oxygens (including phenoxy) is 1. The maximum Gasteiger partial charge on any atom is 0.143 e. The van der Waals surface area contributed by atoms with Crippen LogP contribution in [0, 0.1) is 0 Å². The van der Waals surface area contributed by atoms with Crippen LogP contribution < -0.4 is 4.74 Å². The van der Waals surface area contributed by atoms with E-state index >= 15 is 0 Å². The van der Waals surface area contributed by atoms with Crippen molar-refractivity contribution >= 4 is 43.5 Å². The highest BCUT2D eigenvalue weighted by molar-refractivity contribution is 6.18. The van der Waals surface area contributed by atoms with E-state index in [1.165, 1.54) is 5.39 Å². The summed E-state index contributed by atoms with van der Waals surface area (Å²) in [6.45, 7) is 0. The molecule has 0 spiro atoms. The van der Waals surface area contributed by atoms with E-state index in [0.717, 1.165) is 83.4 Å². The summed E-state index contributed by atoms with van der Waals surface area (Å²) in [5.74, 6) is 3.41. The fraction of sp³-hybridized carbons (Fsp3) is 0. The molecule has 8 aromatic rings. The molecular weight excluding hydrogens is 480 g/mol. The van der Waals surface area contributed by atoms with Gasteiger partial charge in [0, 0.05) is 38.2 Å². The molecule has 3 nitrogen and oxygen atoms in total. The minimum atomic E-state index is 0.817. The molecule has 1 aliphatic heterocycles. The quantitative estimate of drug-likeness (QED) is 0.237. The van der Waals surface area contributed by atoms with E-state index in [9.17, 15) is 0 Å². The molecule has 0 amide bonds. The maximum absolute atomic E-state index is 6.58. The van der Waals surface area contributed by atoms with Gasteiger partial charge in [0.15, 0.2) is 0 Å². The van der Waals surface area contributed by atoms with Crippen LogP contribution in [0.5, 0.6) is 11.5 Å². The van der Waals surface area contributed by atoms with Crippen LogP contribution in [-0.2, 0) is 0 Å². The van der Waals surface area contributed by atoms with Crippen molar-refractivity contribution in [3.05, 3.63) is 121 Å². The Morgan fingerprint density at radius 3 is 2.23 bits per heavy atom. The maximum atomic E-state index is 6.58. The van der Waals surface area contributed by atoms with E-state index < -0.39 is 0 Å². The van der Waals surface area contributed by atoms with Crippen molar-refractivity contribution in [1.29, 1.82) is 0 Å². The summed E-state index contributed by atoms with van der Waals surface area (Å²) in [5, 5.41) is 6.71. The number of hydrogen-bond acceptors (Lipinski definition) is 3. The van der Waals surface area contributed by atoms with Gasteiger partial charge in [-0.2, -0.15) is 0 Å². The number of rotatable bonds is 2. The van der Waals surface area contributed by atoms with Gasteiger partial charge in [-0.05, 0) is 64.9 Å². The molecule has 6 aromatic carbocycles. The van der Waals surface area contributed by atoms with Gasteiger partial charge in [-0.15, -0.1) is 0 Å². The zero-order valence-corrected chi connectivity index (χ0v) is 20.8. The van der Waals surface area contributed by atoms with E-state index in [2.05, 4.69) is 84.9 Å². The van der Waals surface area contributed by atoms with Crippen LogP contribution in [0.3, 0.4) is 0 Å². The Kier molecular flexibility index (Phi) is 4.05. The third-order valence-corrected chi connectivity index (χ3v) is 7.88. The average molecular weight is 501 g/mol. The highest BCUT2D eigenvalue weighted by Gasteiger charge is 2.22. The number of furan rings is 2. The predicted octanol–water partition coefficient (Wildman–Crippen LogP) is 10.6. The lowest BCUT2D eigenvalue weighted by molar-refractivity contribution is 0.487. The zero-order chi connectivity index (χ0) is 25.5. The average Bonchev–Trinajstić information content (AvgIpc) is 3.63. The molecule has 3 heterocycles. The van der Waals surface area contributed by atoms with Crippen LogP contribution in [0.2, 0.25) is 0 Å². The summed E-state index contributed by atoms with van der Waals surface area (Å²) >= 11 is 0. The van der Waals surface area contributed by atoms with Gasteiger partial charge in [-0.1, -0.05) is 72.8 Å². The molecule has 0 unspecified atom stereocenters. The number of para-hydroxylation sites is 1. The van der Waals surface area contributed by atoms with E-state index in [0.29, 0.717) is 0 Å². The van der Waals surface area contributed by atoms with Gasteiger partial charge >= 0.3 is 0 Å². The first-order chi connectivity index (χ1) is 19.3. The Labute approximate surface area is 223 Å². The van der Waals surface area contributed by atoms with Gasteiger partial charge in [0.25, 0.3) is 0 Å². The molecule has 2 aromatic heterocycles. The number of hydrogen-bond donors (Lipinski definition) is 0. The molecular formula is C36H20O3. The highest BCUT2D eigenvalue weighted by atomic mass is 16.5. The molecule has 0 saturated heterocycles. The first-order valence-electron chi connectivity index (χ1n) is 13.1. The Balaban J connectivity index is 1.24. The summed E-state index contributed by atoms with van der Waals surface area (Å²) in [7, 11) is 0. The van der Waals surface area contributed by atoms with E-state index in [1.54, 1.807) is 0 Å².